The van der Waals surface area contributed by atoms with E-state index in [1.54, 1.807) is 0 Å². The number of ether oxygens (including phenoxy) is 1. The molecule has 0 radical (unpaired) electrons. The summed E-state index contributed by atoms with van der Waals surface area (Å²) in [4.78, 5) is 42.0. The Morgan fingerprint density at radius 3 is 1.04 bits per heavy atom. The van der Waals surface area contributed by atoms with Gasteiger partial charge in [-0.2, -0.15) is 0 Å². The molecule has 0 saturated carbocycles. The molecule has 0 aromatic rings. The number of aliphatic hydroxyl groups is 2. The average molecular weight is 390 g/mol. The van der Waals surface area contributed by atoms with Gasteiger partial charge in [0.25, 0.3) is 0 Å². The number of aliphatic carboxylic acids is 2. The van der Waals surface area contributed by atoms with Gasteiger partial charge in [-0.3, -0.25) is 9.59 Å². The van der Waals surface area contributed by atoms with Crippen LogP contribution in [0, 0.1) is 10.8 Å². The van der Waals surface area contributed by atoms with Gasteiger partial charge in [0.2, 0.25) is 0 Å². The smallest absolute Gasteiger partial charge is 0.330 e. The van der Waals surface area contributed by atoms with Crippen LogP contribution in [0.1, 0.15) is 41.5 Å². The summed E-state index contributed by atoms with van der Waals surface area (Å²) in [6.07, 6.45) is 0. The van der Waals surface area contributed by atoms with Gasteiger partial charge in [0.1, 0.15) is 0 Å². The molecule has 0 atom stereocenters. The number of esters is 2. The molecule has 0 aromatic carbocycles. The third-order valence-corrected chi connectivity index (χ3v) is 2.81. The van der Waals surface area contributed by atoms with Crippen LogP contribution in [-0.2, 0) is 23.9 Å². The lowest BCUT2D eigenvalue weighted by atomic mass is 9.93. The molecule has 0 heterocycles. The molecule has 0 fully saturated rings. The van der Waals surface area contributed by atoms with E-state index >= 15 is 0 Å². The van der Waals surface area contributed by atoms with Gasteiger partial charge in [-0.25, -0.2) is 9.59 Å². The molecular weight excluding hydrogens is 360 g/mol. The van der Waals surface area contributed by atoms with Crippen LogP contribution < -0.4 is 0 Å². The summed E-state index contributed by atoms with van der Waals surface area (Å²) in [5, 5.41) is 33.5. The standard InChI is InChI=1S/C10H18O5.2C4H6O2/c1-9(2,5-11)7(13)15-8(14)10(3,4)6-12;2*1-3(2)4(5)6/h11-12H,5-6H2,1-4H3;2*1H2,2H3,(H,5,6). The van der Waals surface area contributed by atoms with Crippen LogP contribution in [0.3, 0.4) is 0 Å². The molecule has 4 N–H and O–H groups in total. The van der Waals surface area contributed by atoms with Gasteiger partial charge in [-0.15, -0.1) is 0 Å². The van der Waals surface area contributed by atoms with Gasteiger partial charge in [0.05, 0.1) is 24.0 Å². The van der Waals surface area contributed by atoms with E-state index < -0.39 is 47.9 Å². The summed E-state index contributed by atoms with van der Waals surface area (Å²) < 4.78 is 4.56. The first-order valence-corrected chi connectivity index (χ1v) is 7.72. The number of rotatable bonds is 6. The lowest BCUT2D eigenvalue weighted by Crippen LogP contribution is -2.38. The van der Waals surface area contributed by atoms with Crippen molar-refractivity contribution in [3.8, 4) is 0 Å². The first kappa shape index (κ1) is 29.3. The maximum atomic E-state index is 11.4. The number of hydrogen-bond donors (Lipinski definition) is 4. The topological polar surface area (TPSA) is 158 Å². The predicted molar refractivity (Wildman–Crippen MR) is 97.7 cm³/mol. The maximum absolute atomic E-state index is 11.4. The van der Waals surface area contributed by atoms with Crippen LogP contribution >= 0.6 is 0 Å². The second kappa shape index (κ2) is 12.8. The highest BCUT2D eigenvalue weighted by molar-refractivity contribution is 5.91. The van der Waals surface area contributed by atoms with Crippen LogP contribution in [0.5, 0.6) is 0 Å². The van der Waals surface area contributed by atoms with Gasteiger partial charge in [0, 0.05) is 11.1 Å². The molecule has 0 unspecified atom stereocenters. The van der Waals surface area contributed by atoms with E-state index in [2.05, 4.69) is 17.9 Å². The predicted octanol–water partition coefficient (Wildman–Crippen LogP) is 1.39. The molecule has 0 aliphatic heterocycles. The summed E-state index contributed by atoms with van der Waals surface area (Å²) >= 11 is 0. The summed E-state index contributed by atoms with van der Waals surface area (Å²) in [7, 11) is 0. The Hall–Kier alpha value is -2.52. The third-order valence-electron chi connectivity index (χ3n) is 2.81. The number of carbonyl (C=O) groups excluding carboxylic acids is 2. The van der Waals surface area contributed by atoms with Gasteiger partial charge < -0.3 is 25.2 Å². The largest absolute Gasteiger partial charge is 0.478 e. The van der Waals surface area contributed by atoms with Gasteiger partial charge in [0.15, 0.2) is 0 Å². The molecule has 27 heavy (non-hydrogen) atoms. The highest BCUT2D eigenvalue weighted by atomic mass is 16.6. The third kappa shape index (κ3) is 14.3. The van der Waals surface area contributed by atoms with Crippen LogP contribution in [0.15, 0.2) is 24.3 Å². The van der Waals surface area contributed by atoms with Crippen molar-refractivity contribution < 1.29 is 44.3 Å². The Balaban J connectivity index is -0.000000394. The lowest BCUT2D eigenvalue weighted by Gasteiger charge is -2.23. The Morgan fingerprint density at radius 1 is 0.741 bits per heavy atom. The highest BCUT2D eigenvalue weighted by Crippen LogP contribution is 2.21. The molecule has 0 amide bonds. The minimum Gasteiger partial charge on any atom is -0.478 e. The Bertz CT molecular complexity index is 497. The lowest BCUT2D eigenvalue weighted by molar-refractivity contribution is -0.174. The molecule has 0 rings (SSSR count). The average Bonchev–Trinajstić information content (AvgIpc) is 2.55. The van der Waals surface area contributed by atoms with E-state index in [1.807, 2.05) is 0 Å². The normalized spacial score (nSPS) is 10.2. The molecular formula is C18H30O9. The van der Waals surface area contributed by atoms with Crippen LogP contribution in [0.2, 0.25) is 0 Å². The first-order valence-electron chi connectivity index (χ1n) is 7.72. The van der Waals surface area contributed by atoms with Crippen molar-refractivity contribution in [3.05, 3.63) is 24.3 Å². The van der Waals surface area contributed by atoms with Gasteiger partial charge in [-0.1, -0.05) is 13.2 Å². The maximum Gasteiger partial charge on any atom is 0.330 e. The first-order chi connectivity index (χ1) is 12.0. The number of carbonyl (C=O) groups is 4. The molecule has 0 aliphatic carbocycles. The number of hydrogen-bond acceptors (Lipinski definition) is 7. The molecule has 156 valence electrons. The fraction of sp³-hybridized carbons (Fsp3) is 0.556. The zero-order valence-electron chi connectivity index (χ0n) is 16.7. The Labute approximate surface area is 159 Å². The van der Waals surface area contributed by atoms with Crippen LogP contribution in [0.4, 0.5) is 0 Å². The van der Waals surface area contributed by atoms with Crippen LogP contribution in [-0.4, -0.2) is 57.5 Å². The summed E-state index contributed by atoms with van der Waals surface area (Å²) in [6.45, 7) is 14.3. The SMILES string of the molecule is C=C(C)C(=O)O.C=C(C)C(=O)O.CC(C)(CO)C(=O)OC(=O)C(C)(C)CO. The minimum atomic E-state index is -1.11. The quantitative estimate of drug-likeness (QED) is 0.298. The van der Waals surface area contributed by atoms with Crippen molar-refractivity contribution >= 4 is 23.9 Å². The Morgan fingerprint density at radius 2 is 0.926 bits per heavy atom. The van der Waals surface area contributed by atoms with E-state index in [1.165, 1.54) is 41.5 Å². The van der Waals surface area contributed by atoms with E-state index in [0.29, 0.717) is 0 Å². The summed E-state index contributed by atoms with van der Waals surface area (Å²) in [5.41, 5.74) is -1.87. The van der Waals surface area contributed by atoms with Crippen molar-refractivity contribution in [2.24, 2.45) is 10.8 Å². The number of carboxylic acids is 2. The second-order valence-corrected chi connectivity index (χ2v) is 6.93. The summed E-state index contributed by atoms with van der Waals surface area (Å²) in [5.74, 6) is -3.46. The fourth-order valence-electron chi connectivity index (χ4n) is 0.490. The molecule has 0 aromatic heterocycles. The van der Waals surface area contributed by atoms with Gasteiger partial charge >= 0.3 is 23.9 Å². The molecule has 0 aliphatic rings. The summed E-state index contributed by atoms with van der Waals surface area (Å²) in [6, 6.07) is 0. The number of aliphatic hydroxyl groups excluding tert-OH is 2. The fourth-order valence-corrected chi connectivity index (χ4v) is 0.490. The van der Waals surface area contributed by atoms with E-state index in [0.717, 1.165) is 0 Å². The van der Waals surface area contributed by atoms with Crippen molar-refractivity contribution in [1.82, 2.24) is 0 Å². The molecule has 0 spiro atoms. The zero-order valence-corrected chi connectivity index (χ0v) is 16.7. The van der Waals surface area contributed by atoms with E-state index in [9.17, 15) is 19.2 Å². The molecule has 0 saturated heterocycles. The van der Waals surface area contributed by atoms with E-state index in [-0.39, 0.29) is 11.1 Å². The Kier molecular flexibility index (Phi) is 13.8. The minimum absolute atomic E-state index is 0.176. The second-order valence-electron chi connectivity index (χ2n) is 6.93. The molecule has 0 bridgehead atoms. The highest BCUT2D eigenvalue weighted by Gasteiger charge is 2.36. The van der Waals surface area contributed by atoms with Crippen LogP contribution in [0.25, 0.3) is 0 Å². The van der Waals surface area contributed by atoms with Gasteiger partial charge in [-0.05, 0) is 41.5 Å². The van der Waals surface area contributed by atoms with Crippen molar-refractivity contribution in [2.75, 3.05) is 13.2 Å². The van der Waals surface area contributed by atoms with Crippen molar-refractivity contribution in [1.29, 1.82) is 0 Å². The van der Waals surface area contributed by atoms with Crippen molar-refractivity contribution in [3.63, 3.8) is 0 Å². The monoisotopic (exact) mass is 390 g/mol. The molecule has 9 heteroatoms. The van der Waals surface area contributed by atoms with Crippen molar-refractivity contribution in [2.45, 2.75) is 41.5 Å². The van der Waals surface area contributed by atoms with E-state index in [4.69, 9.17) is 20.4 Å². The zero-order chi connectivity index (χ0) is 22.6. The molecule has 9 nitrogen and oxygen atoms in total. The number of carboxylic acid groups (broad SMARTS) is 2.